The van der Waals surface area contributed by atoms with E-state index in [-0.39, 0.29) is 0 Å². The second-order valence-corrected chi connectivity index (χ2v) is 3.84. The largest absolute Gasteiger partial charge is 0.465 e. The van der Waals surface area contributed by atoms with Gasteiger partial charge in [-0.1, -0.05) is 23.7 Å². The molecule has 2 nitrogen and oxygen atoms in total. The lowest BCUT2D eigenvalue weighted by molar-refractivity contribution is 0.0599. The molecule has 0 radical (unpaired) electrons. The van der Waals surface area contributed by atoms with Crippen molar-refractivity contribution in [1.82, 2.24) is 0 Å². The van der Waals surface area contributed by atoms with Crippen LogP contribution in [0.2, 0.25) is 5.02 Å². The Hall–Kier alpha value is -0.730. The normalized spacial score (nSPS) is 10.1. The Morgan fingerprint density at radius 1 is 1.47 bits per heavy atom. The van der Waals surface area contributed by atoms with Crippen molar-refractivity contribution in [2.45, 2.75) is 12.8 Å². The van der Waals surface area contributed by atoms with E-state index in [4.69, 9.17) is 23.2 Å². The summed E-state index contributed by atoms with van der Waals surface area (Å²) in [5.74, 6) is 0.165. The van der Waals surface area contributed by atoms with E-state index >= 15 is 0 Å². The Morgan fingerprint density at radius 2 is 2.20 bits per heavy atom. The molecule has 0 saturated carbocycles. The number of alkyl halides is 1. The lowest BCUT2D eigenvalue weighted by Crippen LogP contribution is -2.07. The minimum absolute atomic E-state index is 0.398. The van der Waals surface area contributed by atoms with Crippen molar-refractivity contribution >= 4 is 29.2 Å². The number of benzene rings is 1. The van der Waals surface area contributed by atoms with Crippen LogP contribution in [0.3, 0.4) is 0 Å². The summed E-state index contributed by atoms with van der Waals surface area (Å²) in [6.07, 6.45) is 1.54. The van der Waals surface area contributed by atoms with Gasteiger partial charge in [-0.2, -0.15) is 0 Å². The summed E-state index contributed by atoms with van der Waals surface area (Å²) in [6.45, 7) is 0. The third kappa shape index (κ3) is 3.11. The number of halogens is 2. The molecule has 0 N–H and O–H groups in total. The Balaban J connectivity index is 3.03. The van der Waals surface area contributed by atoms with Crippen LogP contribution < -0.4 is 0 Å². The molecule has 1 aromatic rings. The SMILES string of the molecule is COC(=O)c1c(Cl)cccc1CCCCl. The molecule has 0 amide bonds. The Bertz CT molecular complexity index is 350. The van der Waals surface area contributed by atoms with Crippen LogP contribution in [0.4, 0.5) is 0 Å². The summed E-state index contributed by atoms with van der Waals surface area (Å²) in [5, 5.41) is 0.425. The second kappa shape index (κ2) is 5.99. The molecule has 0 aliphatic rings. The highest BCUT2D eigenvalue weighted by Gasteiger charge is 2.15. The molecular formula is C11H12Cl2O2. The van der Waals surface area contributed by atoms with E-state index < -0.39 is 5.97 Å². The van der Waals surface area contributed by atoms with E-state index in [1.807, 2.05) is 12.1 Å². The van der Waals surface area contributed by atoms with Gasteiger partial charge in [0.25, 0.3) is 0 Å². The molecule has 82 valence electrons. The zero-order valence-corrected chi connectivity index (χ0v) is 9.94. The van der Waals surface area contributed by atoms with Gasteiger partial charge in [-0.05, 0) is 24.5 Å². The lowest BCUT2D eigenvalue weighted by Gasteiger charge is -2.08. The van der Waals surface area contributed by atoms with Crippen LogP contribution in [0.15, 0.2) is 18.2 Å². The number of methoxy groups -OCH3 is 1. The van der Waals surface area contributed by atoms with Crippen LogP contribution in [-0.4, -0.2) is 19.0 Å². The van der Waals surface area contributed by atoms with Crippen LogP contribution in [0.25, 0.3) is 0 Å². The first-order valence-electron chi connectivity index (χ1n) is 4.62. The van der Waals surface area contributed by atoms with E-state index in [0.717, 1.165) is 18.4 Å². The van der Waals surface area contributed by atoms with Crippen LogP contribution in [0.1, 0.15) is 22.3 Å². The molecule has 0 fully saturated rings. The van der Waals surface area contributed by atoms with Gasteiger partial charge in [0.1, 0.15) is 0 Å². The van der Waals surface area contributed by atoms with E-state index in [1.54, 1.807) is 6.07 Å². The monoisotopic (exact) mass is 246 g/mol. The van der Waals surface area contributed by atoms with Crippen molar-refractivity contribution in [2.24, 2.45) is 0 Å². The van der Waals surface area contributed by atoms with Crippen molar-refractivity contribution in [3.8, 4) is 0 Å². The van der Waals surface area contributed by atoms with Gasteiger partial charge < -0.3 is 4.74 Å². The molecule has 4 heteroatoms. The summed E-state index contributed by atoms with van der Waals surface area (Å²) in [6, 6.07) is 5.36. The van der Waals surface area contributed by atoms with Crippen molar-refractivity contribution in [3.05, 3.63) is 34.3 Å². The van der Waals surface area contributed by atoms with Gasteiger partial charge >= 0.3 is 5.97 Å². The lowest BCUT2D eigenvalue weighted by atomic mass is 10.0. The molecule has 0 aromatic heterocycles. The van der Waals surface area contributed by atoms with Gasteiger partial charge in [-0.15, -0.1) is 11.6 Å². The van der Waals surface area contributed by atoms with E-state index in [9.17, 15) is 4.79 Å². The summed E-state index contributed by atoms with van der Waals surface area (Å²) in [4.78, 5) is 11.5. The molecule has 0 saturated heterocycles. The van der Waals surface area contributed by atoms with Crippen LogP contribution in [0, 0.1) is 0 Å². The number of carbonyl (C=O) groups excluding carboxylic acids is 1. The number of rotatable bonds is 4. The maximum atomic E-state index is 11.5. The van der Waals surface area contributed by atoms with Crippen molar-refractivity contribution < 1.29 is 9.53 Å². The zero-order valence-electron chi connectivity index (χ0n) is 8.43. The van der Waals surface area contributed by atoms with Crippen LogP contribution in [-0.2, 0) is 11.2 Å². The summed E-state index contributed by atoms with van der Waals surface area (Å²) < 4.78 is 4.68. The Morgan fingerprint density at radius 3 is 2.80 bits per heavy atom. The first-order valence-corrected chi connectivity index (χ1v) is 5.53. The topological polar surface area (TPSA) is 26.3 Å². The summed E-state index contributed by atoms with van der Waals surface area (Å²) >= 11 is 11.6. The average molecular weight is 247 g/mol. The maximum absolute atomic E-state index is 11.5. The molecule has 0 heterocycles. The summed E-state index contributed by atoms with van der Waals surface area (Å²) in [7, 11) is 1.34. The molecule has 1 aromatic carbocycles. The van der Waals surface area contributed by atoms with Gasteiger partial charge in [0.2, 0.25) is 0 Å². The molecule has 0 spiro atoms. The minimum atomic E-state index is -0.398. The second-order valence-electron chi connectivity index (χ2n) is 3.06. The fourth-order valence-electron chi connectivity index (χ4n) is 1.37. The molecule has 0 unspecified atom stereocenters. The highest BCUT2D eigenvalue weighted by Crippen LogP contribution is 2.22. The number of carbonyl (C=O) groups is 1. The number of esters is 1. The van der Waals surface area contributed by atoms with Crippen molar-refractivity contribution in [3.63, 3.8) is 0 Å². The Labute approximate surface area is 99.1 Å². The zero-order chi connectivity index (χ0) is 11.3. The van der Waals surface area contributed by atoms with Gasteiger partial charge in [0.05, 0.1) is 17.7 Å². The first kappa shape index (κ1) is 12.3. The van der Waals surface area contributed by atoms with Crippen LogP contribution >= 0.6 is 23.2 Å². The number of aryl methyl sites for hydroxylation is 1. The van der Waals surface area contributed by atoms with Crippen LogP contribution in [0.5, 0.6) is 0 Å². The number of hydrogen-bond donors (Lipinski definition) is 0. The highest BCUT2D eigenvalue weighted by atomic mass is 35.5. The third-order valence-corrected chi connectivity index (χ3v) is 2.65. The van der Waals surface area contributed by atoms with E-state index in [2.05, 4.69) is 4.74 Å². The quantitative estimate of drug-likeness (QED) is 0.602. The fourth-order valence-corrected chi connectivity index (χ4v) is 1.77. The first-order chi connectivity index (χ1) is 7.20. The molecule has 15 heavy (non-hydrogen) atoms. The van der Waals surface area contributed by atoms with E-state index in [1.165, 1.54) is 7.11 Å². The Kier molecular flexibility index (Phi) is 4.92. The smallest absolute Gasteiger partial charge is 0.339 e. The van der Waals surface area contributed by atoms with Crippen molar-refractivity contribution in [1.29, 1.82) is 0 Å². The van der Waals surface area contributed by atoms with Gasteiger partial charge in [-0.3, -0.25) is 0 Å². The predicted molar refractivity (Wildman–Crippen MR) is 61.8 cm³/mol. The average Bonchev–Trinajstić information content (AvgIpc) is 2.25. The molecule has 0 atom stereocenters. The molecular weight excluding hydrogens is 235 g/mol. The molecule has 0 aliphatic carbocycles. The molecule has 1 rings (SSSR count). The molecule has 0 bridgehead atoms. The van der Waals surface area contributed by atoms with Gasteiger partial charge in [0.15, 0.2) is 0 Å². The standard InChI is InChI=1S/C11H12Cl2O2/c1-15-11(14)10-8(5-3-7-12)4-2-6-9(10)13/h2,4,6H,3,5,7H2,1H3. The predicted octanol–water partition coefficient (Wildman–Crippen LogP) is 3.30. The number of ether oxygens (including phenoxy) is 1. The number of hydrogen-bond acceptors (Lipinski definition) is 2. The summed E-state index contributed by atoms with van der Waals surface area (Å²) in [5.41, 5.74) is 1.33. The van der Waals surface area contributed by atoms with Gasteiger partial charge in [0, 0.05) is 5.88 Å². The van der Waals surface area contributed by atoms with Gasteiger partial charge in [-0.25, -0.2) is 4.79 Å². The minimum Gasteiger partial charge on any atom is -0.465 e. The highest BCUT2D eigenvalue weighted by molar-refractivity contribution is 6.33. The third-order valence-electron chi connectivity index (χ3n) is 2.07. The fraction of sp³-hybridized carbons (Fsp3) is 0.364. The molecule has 0 aliphatic heterocycles. The van der Waals surface area contributed by atoms with E-state index in [0.29, 0.717) is 16.5 Å². The van der Waals surface area contributed by atoms with Crippen molar-refractivity contribution in [2.75, 3.05) is 13.0 Å². The maximum Gasteiger partial charge on any atom is 0.339 e.